The van der Waals surface area contributed by atoms with E-state index in [4.69, 9.17) is 0 Å². The Bertz CT molecular complexity index is 436. The highest BCUT2D eigenvalue weighted by molar-refractivity contribution is 5.33. The Morgan fingerprint density at radius 2 is 1.95 bits per heavy atom. The predicted molar refractivity (Wildman–Crippen MR) is 84.1 cm³/mol. The molecule has 1 aromatic carbocycles. The van der Waals surface area contributed by atoms with Gasteiger partial charge in [-0.3, -0.25) is 0 Å². The molecule has 2 aliphatic rings. The number of nitrogens with one attached hydrogen (secondary N) is 1. The van der Waals surface area contributed by atoms with Crippen molar-refractivity contribution in [2.45, 2.75) is 25.8 Å². The molecule has 0 radical (unpaired) electrons. The van der Waals surface area contributed by atoms with Gasteiger partial charge in [-0.1, -0.05) is 18.2 Å². The van der Waals surface area contributed by atoms with Crippen molar-refractivity contribution in [3.63, 3.8) is 0 Å². The zero-order valence-electron chi connectivity index (χ0n) is 12.7. The number of hydrogen-bond acceptors (Lipinski definition) is 3. The first-order valence-corrected chi connectivity index (χ1v) is 8.03. The Labute approximate surface area is 123 Å². The number of aryl methyl sites for hydroxylation is 1. The Balaban J connectivity index is 1.46. The van der Waals surface area contributed by atoms with Crippen LogP contribution in [0.5, 0.6) is 0 Å². The van der Waals surface area contributed by atoms with Crippen LogP contribution < -0.4 is 5.32 Å². The van der Waals surface area contributed by atoms with Gasteiger partial charge in [-0.2, -0.15) is 0 Å². The maximum absolute atomic E-state index is 3.44. The van der Waals surface area contributed by atoms with Gasteiger partial charge in [0.1, 0.15) is 0 Å². The summed E-state index contributed by atoms with van der Waals surface area (Å²) in [6, 6.07) is 7.10. The van der Waals surface area contributed by atoms with Crippen LogP contribution in [0.1, 0.15) is 23.1 Å². The lowest BCUT2D eigenvalue weighted by molar-refractivity contribution is 0.153. The van der Waals surface area contributed by atoms with Crippen LogP contribution in [0.3, 0.4) is 0 Å². The van der Waals surface area contributed by atoms with E-state index in [1.807, 2.05) is 0 Å². The molecular formula is C17H27N3. The molecule has 0 saturated carbocycles. The van der Waals surface area contributed by atoms with Crippen molar-refractivity contribution in [2.75, 3.05) is 46.3 Å². The standard InChI is InChI=1S/C17H27N3/c1-19-9-11-20(12-10-19)8-2-3-15-4-5-17-14-18-7-6-16(17)13-15/h4-5,13,18H,2-3,6-12,14H2,1H3. The second-order valence-electron chi connectivity index (χ2n) is 6.28. The van der Waals surface area contributed by atoms with Crippen LogP contribution in [0.4, 0.5) is 0 Å². The van der Waals surface area contributed by atoms with Gasteiger partial charge in [0.05, 0.1) is 0 Å². The zero-order valence-corrected chi connectivity index (χ0v) is 12.7. The van der Waals surface area contributed by atoms with E-state index in [2.05, 4.69) is 40.4 Å². The molecule has 1 saturated heterocycles. The van der Waals surface area contributed by atoms with Gasteiger partial charge in [-0.15, -0.1) is 0 Å². The first-order valence-electron chi connectivity index (χ1n) is 8.03. The third kappa shape index (κ3) is 3.60. The van der Waals surface area contributed by atoms with E-state index in [1.165, 1.54) is 63.1 Å². The Morgan fingerprint density at radius 3 is 2.80 bits per heavy atom. The van der Waals surface area contributed by atoms with Gasteiger partial charge >= 0.3 is 0 Å². The second-order valence-corrected chi connectivity index (χ2v) is 6.28. The van der Waals surface area contributed by atoms with Gasteiger partial charge in [0.15, 0.2) is 0 Å². The summed E-state index contributed by atoms with van der Waals surface area (Å²) in [7, 11) is 2.22. The molecule has 1 N–H and O–H groups in total. The fraction of sp³-hybridized carbons (Fsp3) is 0.647. The quantitative estimate of drug-likeness (QED) is 0.897. The number of fused-ring (bicyclic) bond motifs is 1. The highest BCUT2D eigenvalue weighted by Crippen LogP contribution is 2.17. The molecule has 1 fully saturated rings. The molecule has 0 atom stereocenters. The van der Waals surface area contributed by atoms with Crippen molar-refractivity contribution in [3.05, 3.63) is 34.9 Å². The van der Waals surface area contributed by atoms with E-state index in [0.29, 0.717) is 0 Å². The molecule has 110 valence electrons. The van der Waals surface area contributed by atoms with Crippen LogP contribution in [-0.2, 0) is 19.4 Å². The molecule has 3 rings (SSSR count). The minimum atomic E-state index is 1.05. The molecule has 0 aromatic heterocycles. The van der Waals surface area contributed by atoms with Crippen LogP contribution in [0.2, 0.25) is 0 Å². The first kappa shape index (κ1) is 14.1. The summed E-state index contributed by atoms with van der Waals surface area (Å²) in [6.07, 6.45) is 3.72. The summed E-state index contributed by atoms with van der Waals surface area (Å²) in [5, 5.41) is 3.44. The van der Waals surface area contributed by atoms with Gasteiger partial charge in [0.25, 0.3) is 0 Å². The Kier molecular flexibility index (Phi) is 4.71. The van der Waals surface area contributed by atoms with Crippen molar-refractivity contribution in [1.82, 2.24) is 15.1 Å². The maximum Gasteiger partial charge on any atom is 0.0208 e. The fourth-order valence-corrected chi connectivity index (χ4v) is 3.26. The molecule has 0 spiro atoms. The van der Waals surface area contributed by atoms with Crippen molar-refractivity contribution < 1.29 is 0 Å². The molecule has 0 amide bonds. The predicted octanol–water partition coefficient (Wildman–Crippen LogP) is 1.51. The number of rotatable bonds is 4. The van der Waals surface area contributed by atoms with Crippen LogP contribution in [0.15, 0.2) is 18.2 Å². The summed E-state index contributed by atoms with van der Waals surface area (Å²) < 4.78 is 0. The van der Waals surface area contributed by atoms with Gasteiger partial charge in [-0.05, 0) is 56.1 Å². The van der Waals surface area contributed by atoms with Crippen LogP contribution in [-0.4, -0.2) is 56.1 Å². The van der Waals surface area contributed by atoms with E-state index in [0.717, 1.165) is 13.1 Å². The van der Waals surface area contributed by atoms with E-state index < -0.39 is 0 Å². The topological polar surface area (TPSA) is 18.5 Å². The molecule has 3 heteroatoms. The first-order chi connectivity index (χ1) is 9.81. The van der Waals surface area contributed by atoms with Gasteiger partial charge in [0.2, 0.25) is 0 Å². The zero-order chi connectivity index (χ0) is 13.8. The highest BCUT2D eigenvalue weighted by Gasteiger charge is 2.13. The summed E-state index contributed by atoms with van der Waals surface area (Å²) in [5.41, 5.74) is 4.60. The Morgan fingerprint density at radius 1 is 1.10 bits per heavy atom. The Hall–Kier alpha value is -0.900. The fourth-order valence-electron chi connectivity index (χ4n) is 3.26. The highest BCUT2D eigenvalue weighted by atomic mass is 15.2. The molecule has 2 aliphatic heterocycles. The van der Waals surface area contributed by atoms with Crippen molar-refractivity contribution >= 4 is 0 Å². The van der Waals surface area contributed by atoms with E-state index in [9.17, 15) is 0 Å². The van der Waals surface area contributed by atoms with Crippen LogP contribution >= 0.6 is 0 Å². The minimum absolute atomic E-state index is 1.05. The van der Waals surface area contributed by atoms with E-state index in [1.54, 1.807) is 5.56 Å². The number of hydrogen-bond donors (Lipinski definition) is 1. The largest absolute Gasteiger partial charge is 0.312 e. The summed E-state index contributed by atoms with van der Waals surface area (Å²) in [5.74, 6) is 0. The van der Waals surface area contributed by atoms with Gasteiger partial charge in [-0.25, -0.2) is 0 Å². The van der Waals surface area contributed by atoms with Gasteiger partial charge in [0, 0.05) is 32.7 Å². The average Bonchev–Trinajstić information content (AvgIpc) is 2.49. The summed E-state index contributed by atoms with van der Waals surface area (Å²) in [4.78, 5) is 5.04. The lowest BCUT2D eigenvalue weighted by Gasteiger charge is -2.32. The summed E-state index contributed by atoms with van der Waals surface area (Å²) >= 11 is 0. The number of benzene rings is 1. The molecule has 3 nitrogen and oxygen atoms in total. The summed E-state index contributed by atoms with van der Waals surface area (Å²) in [6.45, 7) is 8.39. The van der Waals surface area contributed by atoms with Crippen molar-refractivity contribution in [3.8, 4) is 0 Å². The normalized spacial score (nSPS) is 20.9. The van der Waals surface area contributed by atoms with Crippen molar-refractivity contribution in [2.24, 2.45) is 0 Å². The molecule has 20 heavy (non-hydrogen) atoms. The molecule has 1 aromatic rings. The van der Waals surface area contributed by atoms with Gasteiger partial charge < -0.3 is 15.1 Å². The third-order valence-corrected chi connectivity index (χ3v) is 4.69. The monoisotopic (exact) mass is 273 g/mol. The minimum Gasteiger partial charge on any atom is -0.312 e. The number of piperazine rings is 1. The van der Waals surface area contributed by atoms with Crippen molar-refractivity contribution in [1.29, 1.82) is 0 Å². The second kappa shape index (κ2) is 6.70. The SMILES string of the molecule is CN1CCN(CCCc2ccc3c(c2)CCNC3)CC1. The van der Waals surface area contributed by atoms with Crippen LogP contribution in [0, 0.1) is 0 Å². The van der Waals surface area contributed by atoms with E-state index >= 15 is 0 Å². The molecular weight excluding hydrogens is 246 g/mol. The average molecular weight is 273 g/mol. The lowest BCUT2D eigenvalue weighted by atomic mass is 9.97. The molecule has 0 unspecified atom stereocenters. The molecule has 0 bridgehead atoms. The number of nitrogens with zero attached hydrogens (tertiary/aromatic N) is 2. The smallest absolute Gasteiger partial charge is 0.0208 e. The van der Waals surface area contributed by atoms with Crippen LogP contribution in [0.25, 0.3) is 0 Å². The maximum atomic E-state index is 3.44. The lowest BCUT2D eigenvalue weighted by Crippen LogP contribution is -2.44. The van der Waals surface area contributed by atoms with E-state index in [-0.39, 0.29) is 0 Å². The third-order valence-electron chi connectivity index (χ3n) is 4.69. The number of likely N-dealkylation sites (N-methyl/N-ethyl adjacent to an activating group) is 1. The molecule has 0 aliphatic carbocycles. The molecule has 2 heterocycles.